The lowest BCUT2D eigenvalue weighted by Crippen LogP contribution is -2.48. The number of nitrogens with zero attached hydrogens (tertiary/aromatic N) is 2. The zero-order valence-electron chi connectivity index (χ0n) is 18.3. The van der Waals surface area contributed by atoms with E-state index in [1.165, 1.54) is 11.1 Å². The van der Waals surface area contributed by atoms with Gasteiger partial charge in [-0.05, 0) is 49.6 Å². The average Bonchev–Trinajstić information content (AvgIpc) is 2.74. The molecule has 1 aliphatic heterocycles. The summed E-state index contributed by atoms with van der Waals surface area (Å²) in [5, 5.41) is 6.67. The van der Waals surface area contributed by atoms with Crippen molar-refractivity contribution in [2.45, 2.75) is 46.1 Å². The maximum absolute atomic E-state index is 12.8. The lowest BCUT2D eigenvalue weighted by Gasteiger charge is -2.35. The SMILES string of the molecule is CN=C(NCc1ccc(C(=O)N2CC(C)OC(C)C2)cc1)NCc1ccccc1C. The van der Waals surface area contributed by atoms with Crippen molar-refractivity contribution in [2.24, 2.45) is 4.99 Å². The highest BCUT2D eigenvalue weighted by Crippen LogP contribution is 2.15. The van der Waals surface area contributed by atoms with E-state index in [1.807, 2.05) is 55.1 Å². The number of aryl methyl sites for hydroxylation is 1. The Morgan fingerprint density at radius 1 is 1.03 bits per heavy atom. The summed E-state index contributed by atoms with van der Waals surface area (Å²) in [4.78, 5) is 19.0. The van der Waals surface area contributed by atoms with E-state index in [4.69, 9.17) is 4.74 Å². The summed E-state index contributed by atoms with van der Waals surface area (Å²) in [6.07, 6.45) is 0.139. The van der Waals surface area contributed by atoms with Crippen LogP contribution in [0.4, 0.5) is 0 Å². The molecule has 6 nitrogen and oxygen atoms in total. The van der Waals surface area contributed by atoms with Crippen molar-refractivity contribution >= 4 is 11.9 Å². The molecule has 2 aromatic rings. The van der Waals surface area contributed by atoms with Crippen molar-refractivity contribution in [2.75, 3.05) is 20.1 Å². The largest absolute Gasteiger partial charge is 0.372 e. The second-order valence-electron chi connectivity index (χ2n) is 7.87. The van der Waals surface area contributed by atoms with E-state index in [9.17, 15) is 4.79 Å². The molecule has 0 aromatic heterocycles. The van der Waals surface area contributed by atoms with Crippen LogP contribution in [0, 0.1) is 6.92 Å². The highest BCUT2D eigenvalue weighted by Gasteiger charge is 2.26. The number of ether oxygens (including phenoxy) is 1. The third kappa shape index (κ3) is 5.83. The van der Waals surface area contributed by atoms with Gasteiger partial charge in [0.05, 0.1) is 12.2 Å². The van der Waals surface area contributed by atoms with Gasteiger partial charge in [0, 0.05) is 38.8 Å². The van der Waals surface area contributed by atoms with E-state index in [1.54, 1.807) is 7.05 Å². The van der Waals surface area contributed by atoms with Crippen LogP contribution in [0.3, 0.4) is 0 Å². The summed E-state index contributed by atoms with van der Waals surface area (Å²) in [7, 11) is 1.76. The van der Waals surface area contributed by atoms with Crippen LogP contribution in [0.2, 0.25) is 0 Å². The second-order valence-corrected chi connectivity index (χ2v) is 7.87. The number of rotatable bonds is 5. The quantitative estimate of drug-likeness (QED) is 0.589. The van der Waals surface area contributed by atoms with E-state index in [0.29, 0.717) is 25.2 Å². The minimum Gasteiger partial charge on any atom is -0.372 e. The Morgan fingerprint density at radius 3 is 2.30 bits per heavy atom. The normalized spacial score (nSPS) is 19.5. The molecule has 0 bridgehead atoms. The Bertz CT molecular complexity index is 869. The molecule has 3 rings (SSSR count). The second kappa shape index (κ2) is 10.3. The fourth-order valence-electron chi connectivity index (χ4n) is 3.69. The zero-order valence-corrected chi connectivity index (χ0v) is 18.3. The first-order chi connectivity index (χ1) is 14.5. The van der Waals surface area contributed by atoms with E-state index >= 15 is 0 Å². The Labute approximate surface area is 179 Å². The van der Waals surface area contributed by atoms with Crippen LogP contribution in [0.5, 0.6) is 0 Å². The van der Waals surface area contributed by atoms with Crippen LogP contribution in [0.15, 0.2) is 53.5 Å². The molecular formula is C24H32N4O2. The standard InChI is InChI=1S/C24H32N4O2/c1-17-7-5-6-8-22(17)14-27-24(25-4)26-13-20-9-11-21(12-10-20)23(29)28-15-18(2)30-19(3)16-28/h5-12,18-19H,13-16H2,1-4H3,(H2,25,26,27). The Kier molecular flexibility index (Phi) is 7.46. The van der Waals surface area contributed by atoms with E-state index in [-0.39, 0.29) is 18.1 Å². The van der Waals surface area contributed by atoms with Gasteiger partial charge in [-0.2, -0.15) is 0 Å². The highest BCUT2D eigenvalue weighted by atomic mass is 16.5. The molecular weight excluding hydrogens is 376 g/mol. The number of benzene rings is 2. The van der Waals surface area contributed by atoms with Crippen LogP contribution in [-0.4, -0.2) is 49.1 Å². The first-order valence-corrected chi connectivity index (χ1v) is 10.5. The van der Waals surface area contributed by atoms with Crippen LogP contribution < -0.4 is 10.6 Å². The maximum atomic E-state index is 12.8. The van der Waals surface area contributed by atoms with E-state index in [0.717, 1.165) is 18.1 Å². The number of carbonyl (C=O) groups excluding carboxylic acids is 1. The highest BCUT2D eigenvalue weighted by molar-refractivity contribution is 5.94. The summed E-state index contributed by atoms with van der Waals surface area (Å²) in [5.41, 5.74) is 4.30. The fourth-order valence-corrected chi connectivity index (χ4v) is 3.69. The predicted molar refractivity (Wildman–Crippen MR) is 121 cm³/mol. The number of hydrogen-bond acceptors (Lipinski definition) is 3. The van der Waals surface area contributed by atoms with Crippen molar-refractivity contribution in [1.29, 1.82) is 0 Å². The van der Waals surface area contributed by atoms with Crippen LogP contribution in [-0.2, 0) is 17.8 Å². The lowest BCUT2D eigenvalue weighted by atomic mass is 10.1. The molecule has 2 unspecified atom stereocenters. The molecule has 6 heteroatoms. The van der Waals surface area contributed by atoms with E-state index in [2.05, 4.69) is 34.7 Å². The van der Waals surface area contributed by atoms with Gasteiger partial charge < -0.3 is 20.3 Å². The van der Waals surface area contributed by atoms with Gasteiger partial charge in [0.1, 0.15) is 0 Å². The summed E-state index contributed by atoms with van der Waals surface area (Å²) in [5.74, 6) is 0.807. The molecule has 1 heterocycles. The third-order valence-corrected chi connectivity index (χ3v) is 5.30. The van der Waals surface area contributed by atoms with Gasteiger partial charge in [0.15, 0.2) is 5.96 Å². The Hall–Kier alpha value is -2.86. The van der Waals surface area contributed by atoms with Gasteiger partial charge in [-0.25, -0.2) is 0 Å². The number of hydrogen-bond donors (Lipinski definition) is 2. The molecule has 0 radical (unpaired) electrons. The summed E-state index contributed by atoms with van der Waals surface area (Å²) in [6.45, 7) is 8.73. The molecule has 2 atom stereocenters. The number of carbonyl (C=O) groups is 1. The van der Waals surface area contributed by atoms with Gasteiger partial charge in [-0.3, -0.25) is 9.79 Å². The Balaban J connectivity index is 1.52. The van der Waals surface area contributed by atoms with Crippen LogP contribution in [0.1, 0.15) is 40.9 Å². The molecule has 0 aliphatic carbocycles. The van der Waals surface area contributed by atoms with Gasteiger partial charge in [-0.1, -0.05) is 36.4 Å². The predicted octanol–water partition coefficient (Wildman–Crippen LogP) is 3.11. The number of nitrogens with one attached hydrogen (secondary N) is 2. The molecule has 1 amide bonds. The van der Waals surface area contributed by atoms with Gasteiger partial charge in [0.2, 0.25) is 0 Å². The first-order valence-electron chi connectivity index (χ1n) is 10.5. The number of guanidine groups is 1. The fraction of sp³-hybridized carbons (Fsp3) is 0.417. The van der Waals surface area contributed by atoms with Gasteiger partial charge in [0.25, 0.3) is 5.91 Å². The van der Waals surface area contributed by atoms with Crippen LogP contribution >= 0.6 is 0 Å². The summed E-state index contributed by atoms with van der Waals surface area (Å²) in [6, 6.07) is 16.1. The van der Waals surface area contributed by atoms with E-state index < -0.39 is 0 Å². The molecule has 2 aromatic carbocycles. The lowest BCUT2D eigenvalue weighted by molar-refractivity contribution is -0.0586. The van der Waals surface area contributed by atoms with Gasteiger partial charge in [-0.15, -0.1) is 0 Å². The number of aliphatic imine (C=N–C) groups is 1. The topological polar surface area (TPSA) is 66.0 Å². The maximum Gasteiger partial charge on any atom is 0.254 e. The minimum absolute atomic E-state index is 0.0622. The molecule has 30 heavy (non-hydrogen) atoms. The molecule has 160 valence electrons. The zero-order chi connectivity index (χ0) is 21.5. The van der Waals surface area contributed by atoms with Crippen LogP contribution in [0.25, 0.3) is 0 Å². The molecule has 1 aliphatic rings. The number of amides is 1. The molecule has 0 spiro atoms. The molecule has 1 fully saturated rings. The van der Waals surface area contributed by atoms with Crippen molar-refractivity contribution < 1.29 is 9.53 Å². The average molecular weight is 409 g/mol. The molecule has 2 N–H and O–H groups in total. The smallest absolute Gasteiger partial charge is 0.254 e. The summed E-state index contributed by atoms with van der Waals surface area (Å²) >= 11 is 0. The first kappa shape index (κ1) is 21.8. The molecule has 1 saturated heterocycles. The van der Waals surface area contributed by atoms with Crippen molar-refractivity contribution in [1.82, 2.24) is 15.5 Å². The summed E-state index contributed by atoms with van der Waals surface area (Å²) < 4.78 is 5.72. The Morgan fingerprint density at radius 2 is 1.67 bits per heavy atom. The van der Waals surface area contributed by atoms with Crippen molar-refractivity contribution in [3.63, 3.8) is 0 Å². The number of morpholine rings is 1. The third-order valence-electron chi connectivity index (χ3n) is 5.30. The minimum atomic E-state index is 0.0622. The monoisotopic (exact) mass is 408 g/mol. The van der Waals surface area contributed by atoms with Crippen molar-refractivity contribution in [3.05, 3.63) is 70.8 Å². The van der Waals surface area contributed by atoms with Gasteiger partial charge >= 0.3 is 0 Å². The molecule has 0 saturated carbocycles. The van der Waals surface area contributed by atoms with Crippen molar-refractivity contribution in [3.8, 4) is 0 Å².